The molecular weight excluding hydrogens is 242 g/mol. The van der Waals surface area contributed by atoms with Gasteiger partial charge >= 0.3 is 0 Å². The summed E-state index contributed by atoms with van der Waals surface area (Å²) in [5.74, 6) is 2.48. The molecule has 1 aromatic rings. The van der Waals surface area contributed by atoms with Crippen LogP contribution >= 0.6 is 11.5 Å². The summed E-state index contributed by atoms with van der Waals surface area (Å²) in [6.45, 7) is 1.23. The Kier molecular flexibility index (Phi) is 2.54. The van der Waals surface area contributed by atoms with Gasteiger partial charge in [-0.1, -0.05) is 12.8 Å². The molecule has 0 spiro atoms. The molecule has 0 radical (unpaired) electrons. The summed E-state index contributed by atoms with van der Waals surface area (Å²) in [6.07, 6.45) is 9.68. The van der Waals surface area contributed by atoms with Crippen molar-refractivity contribution in [3.8, 4) is 0 Å². The topological polar surface area (TPSA) is 42.1 Å². The minimum Gasteiger partial charge on any atom is -0.383 e. The van der Waals surface area contributed by atoms with Crippen molar-refractivity contribution in [1.82, 2.24) is 4.37 Å². The fourth-order valence-electron chi connectivity index (χ4n) is 3.92. The molecule has 3 aliphatic rings. The zero-order valence-electron chi connectivity index (χ0n) is 10.8. The van der Waals surface area contributed by atoms with E-state index in [1.807, 2.05) is 0 Å². The van der Waals surface area contributed by atoms with Gasteiger partial charge in [0.1, 0.15) is 10.8 Å². The van der Waals surface area contributed by atoms with Crippen LogP contribution in [0.3, 0.4) is 0 Å². The van der Waals surface area contributed by atoms with E-state index in [1.165, 1.54) is 62.1 Å². The summed E-state index contributed by atoms with van der Waals surface area (Å²) >= 11 is 1.65. The molecule has 0 bridgehead atoms. The summed E-state index contributed by atoms with van der Waals surface area (Å²) in [7, 11) is 0. The lowest BCUT2D eigenvalue weighted by atomic mass is 9.85. The van der Waals surface area contributed by atoms with Gasteiger partial charge in [0.25, 0.3) is 0 Å². The fraction of sp³-hybridized carbons (Fsp3) is 0.786. The van der Waals surface area contributed by atoms with Crippen LogP contribution in [0.1, 0.15) is 56.4 Å². The quantitative estimate of drug-likeness (QED) is 0.889. The predicted molar refractivity (Wildman–Crippen MR) is 76.2 cm³/mol. The van der Waals surface area contributed by atoms with Crippen LogP contribution in [0.4, 0.5) is 10.8 Å². The molecule has 3 fully saturated rings. The van der Waals surface area contributed by atoms with E-state index in [2.05, 4.69) is 9.27 Å². The zero-order valence-corrected chi connectivity index (χ0v) is 11.6. The fourth-order valence-corrected chi connectivity index (χ4v) is 4.91. The largest absolute Gasteiger partial charge is 0.383 e. The van der Waals surface area contributed by atoms with Crippen molar-refractivity contribution in [2.45, 2.75) is 56.9 Å². The first kappa shape index (κ1) is 11.1. The van der Waals surface area contributed by atoms with Crippen LogP contribution in [0.2, 0.25) is 0 Å². The number of fused-ring (bicyclic) bond motifs is 1. The smallest absolute Gasteiger partial charge is 0.142 e. The lowest BCUT2D eigenvalue weighted by molar-refractivity contribution is 0.342. The summed E-state index contributed by atoms with van der Waals surface area (Å²) < 4.78 is 4.44. The first-order valence-electron chi connectivity index (χ1n) is 7.36. The monoisotopic (exact) mass is 263 g/mol. The second-order valence-electron chi connectivity index (χ2n) is 6.15. The maximum absolute atomic E-state index is 6.09. The van der Waals surface area contributed by atoms with Gasteiger partial charge in [0.05, 0.1) is 0 Å². The van der Waals surface area contributed by atoms with Crippen molar-refractivity contribution in [3.05, 3.63) is 5.56 Å². The molecule has 1 aromatic heterocycles. The molecule has 4 heteroatoms. The van der Waals surface area contributed by atoms with Crippen LogP contribution < -0.4 is 10.6 Å². The highest BCUT2D eigenvalue weighted by Crippen LogP contribution is 2.51. The average Bonchev–Trinajstić information content (AvgIpc) is 3.02. The Morgan fingerprint density at radius 2 is 1.94 bits per heavy atom. The molecule has 2 heterocycles. The number of aromatic nitrogens is 1. The molecule has 2 aliphatic carbocycles. The minimum absolute atomic E-state index is 0.724. The molecule has 18 heavy (non-hydrogen) atoms. The molecule has 3 nitrogen and oxygen atoms in total. The maximum Gasteiger partial charge on any atom is 0.142 e. The Morgan fingerprint density at radius 1 is 1.11 bits per heavy atom. The molecule has 2 N–H and O–H groups in total. The SMILES string of the molecule is Nc1nsc(N2CCC3CCCCC32)c1C1CC1. The number of nitrogens with two attached hydrogens (primary N) is 1. The highest BCUT2D eigenvalue weighted by atomic mass is 32.1. The van der Waals surface area contributed by atoms with E-state index in [-0.39, 0.29) is 0 Å². The molecule has 98 valence electrons. The van der Waals surface area contributed by atoms with Crippen molar-refractivity contribution in [1.29, 1.82) is 0 Å². The first-order chi connectivity index (χ1) is 8.84. The molecule has 2 atom stereocenters. The standard InChI is InChI=1S/C14H21N3S/c15-13-12(10-5-6-10)14(18-16-13)17-8-7-9-3-1-2-4-11(9)17/h9-11H,1-8H2,(H2,15,16). The lowest BCUT2D eigenvalue weighted by Crippen LogP contribution is -2.34. The van der Waals surface area contributed by atoms with Crippen LogP contribution in [0, 0.1) is 5.92 Å². The van der Waals surface area contributed by atoms with E-state index >= 15 is 0 Å². The van der Waals surface area contributed by atoms with Crippen molar-refractivity contribution >= 4 is 22.4 Å². The van der Waals surface area contributed by atoms with Gasteiger partial charge in [-0.2, -0.15) is 4.37 Å². The number of hydrogen-bond acceptors (Lipinski definition) is 4. The van der Waals surface area contributed by atoms with E-state index in [1.54, 1.807) is 11.5 Å². The average molecular weight is 263 g/mol. The normalized spacial score (nSPS) is 31.7. The van der Waals surface area contributed by atoms with Crippen molar-refractivity contribution < 1.29 is 0 Å². The number of anilines is 2. The van der Waals surface area contributed by atoms with Crippen LogP contribution in [-0.2, 0) is 0 Å². The van der Waals surface area contributed by atoms with Gasteiger partial charge in [0, 0.05) is 18.2 Å². The molecule has 4 rings (SSSR count). The van der Waals surface area contributed by atoms with Crippen molar-refractivity contribution in [2.75, 3.05) is 17.2 Å². The van der Waals surface area contributed by atoms with Gasteiger partial charge in [-0.05, 0) is 55.5 Å². The predicted octanol–water partition coefficient (Wildman–Crippen LogP) is 3.37. The number of hydrogen-bond donors (Lipinski definition) is 1. The zero-order chi connectivity index (χ0) is 12.1. The molecule has 2 unspecified atom stereocenters. The summed E-state index contributed by atoms with van der Waals surface area (Å²) in [5, 5.41) is 1.42. The molecule has 2 saturated carbocycles. The van der Waals surface area contributed by atoms with E-state index in [9.17, 15) is 0 Å². The van der Waals surface area contributed by atoms with Gasteiger partial charge < -0.3 is 10.6 Å². The van der Waals surface area contributed by atoms with Gasteiger partial charge in [0.15, 0.2) is 0 Å². The van der Waals surface area contributed by atoms with Crippen LogP contribution in [0.25, 0.3) is 0 Å². The summed E-state index contributed by atoms with van der Waals surface area (Å²) in [4.78, 5) is 2.66. The highest BCUT2D eigenvalue weighted by Gasteiger charge is 2.40. The van der Waals surface area contributed by atoms with Crippen LogP contribution in [0.15, 0.2) is 0 Å². The van der Waals surface area contributed by atoms with E-state index < -0.39 is 0 Å². The third-order valence-electron chi connectivity index (χ3n) is 4.99. The molecule has 1 saturated heterocycles. The Hall–Kier alpha value is -0.770. The minimum atomic E-state index is 0.724. The Labute approximate surface area is 113 Å². The summed E-state index contributed by atoms with van der Waals surface area (Å²) in [5.41, 5.74) is 7.49. The first-order valence-corrected chi connectivity index (χ1v) is 8.13. The number of rotatable bonds is 2. The van der Waals surface area contributed by atoms with Gasteiger partial charge in [-0.25, -0.2) is 0 Å². The number of nitrogen functional groups attached to an aromatic ring is 1. The molecular formula is C14H21N3S. The Balaban J connectivity index is 1.66. The van der Waals surface area contributed by atoms with E-state index in [4.69, 9.17) is 5.73 Å². The maximum atomic E-state index is 6.09. The van der Waals surface area contributed by atoms with Crippen LogP contribution in [0.5, 0.6) is 0 Å². The molecule has 0 aromatic carbocycles. The van der Waals surface area contributed by atoms with E-state index in [0.29, 0.717) is 0 Å². The lowest BCUT2D eigenvalue weighted by Gasteiger charge is -2.32. The third kappa shape index (κ3) is 1.65. The Morgan fingerprint density at radius 3 is 2.78 bits per heavy atom. The van der Waals surface area contributed by atoms with Gasteiger partial charge in [-0.15, -0.1) is 0 Å². The highest BCUT2D eigenvalue weighted by molar-refractivity contribution is 7.10. The number of nitrogens with zero attached hydrogens (tertiary/aromatic N) is 2. The Bertz CT molecular complexity index is 452. The van der Waals surface area contributed by atoms with E-state index in [0.717, 1.165) is 23.7 Å². The third-order valence-corrected chi connectivity index (χ3v) is 5.91. The van der Waals surface area contributed by atoms with Crippen LogP contribution in [-0.4, -0.2) is 17.0 Å². The summed E-state index contributed by atoms with van der Waals surface area (Å²) in [6, 6.07) is 0.788. The van der Waals surface area contributed by atoms with Crippen molar-refractivity contribution in [2.24, 2.45) is 5.92 Å². The van der Waals surface area contributed by atoms with Crippen molar-refractivity contribution in [3.63, 3.8) is 0 Å². The second-order valence-corrected chi connectivity index (χ2v) is 6.91. The second kappa shape index (κ2) is 4.12. The molecule has 0 amide bonds. The van der Waals surface area contributed by atoms with Gasteiger partial charge in [0.2, 0.25) is 0 Å². The molecule has 1 aliphatic heterocycles. The van der Waals surface area contributed by atoms with Gasteiger partial charge in [-0.3, -0.25) is 0 Å².